The number of aromatic nitrogens is 1. The van der Waals surface area contributed by atoms with Gasteiger partial charge in [-0.25, -0.2) is 0 Å². The van der Waals surface area contributed by atoms with Crippen LogP contribution in [0.3, 0.4) is 0 Å². The molecule has 3 aromatic rings. The van der Waals surface area contributed by atoms with E-state index in [1.165, 1.54) is 0 Å². The molecular weight excluding hydrogens is 294 g/mol. The maximum Gasteiger partial charge on any atom is 0.253 e. The van der Waals surface area contributed by atoms with Gasteiger partial charge >= 0.3 is 0 Å². The van der Waals surface area contributed by atoms with E-state index < -0.39 is 10.9 Å². The van der Waals surface area contributed by atoms with Crippen molar-refractivity contribution in [1.82, 2.24) is 4.98 Å². The van der Waals surface area contributed by atoms with Crippen molar-refractivity contribution < 1.29 is 4.74 Å². The molecule has 0 fully saturated rings. The number of benzene rings is 1. The summed E-state index contributed by atoms with van der Waals surface area (Å²) in [5.74, 6) is 0.594. The van der Waals surface area contributed by atoms with Gasteiger partial charge in [0.2, 0.25) is 0 Å². The van der Waals surface area contributed by atoms with Crippen molar-refractivity contribution >= 4 is 17.1 Å². The Bertz CT molecular complexity index is 884. The number of para-hydroxylation sites is 2. The van der Waals surface area contributed by atoms with E-state index in [9.17, 15) is 9.59 Å². The fourth-order valence-electron chi connectivity index (χ4n) is 2.24. The Hall–Kier alpha value is -3.15. The SMILES string of the molecule is COc1ccccc1Nc1c(NCc2ccccn2)c(=O)c1=O. The van der Waals surface area contributed by atoms with Gasteiger partial charge in [-0.1, -0.05) is 18.2 Å². The van der Waals surface area contributed by atoms with E-state index in [-0.39, 0.29) is 11.4 Å². The summed E-state index contributed by atoms with van der Waals surface area (Å²) in [6.07, 6.45) is 1.67. The molecular formula is C17H15N3O3. The van der Waals surface area contributed by atoms with Gasteiger partial charge in [-0.3, -0.25) is 14.6 Å². The van der Waals surface area contributed by atoms with Gasteiger partial charge in [0.05, 0.1) is 25.0 Å². The average molecular weight is 309 g/mol. The molecule has 0 aliphatic carbocycles. The Kier molecular flexibility index (Phi) is 4.05. The lowest BCUT2D eigenvalue weighted by Gasteiger charge is -2.16. The first-order valence-electron chi connectivity index (χ1n) is 7.08. The summed E-state index contributed by atoms with van der Waals surface area (Å²) >= 11 is 0. The van der Waals surface area contributed by atoms with Crippen LogP contribution < -0.4 is 26.2 Å². The minimum atomic E-state index is -0.542. The zero-order valence-electron chi connectivity index (χ0n) is 12.5. The molecule has 0 radical (unpaired) electrons. The highest BCUT2D eigenvalue weighted by Crippen LogP contribution is 2.28. The van der Waals surface area contributed by atoms with Crippen molar-refractivity contribution in [1.29, 1.82) is 0 Å². The van der Waals surface area contributed by atoms with E-state index in [0.29, 0.717) is 18.0 Å². The quantitative estimate of drug-likeness (QED) is 0.678. The normalized spacial score (nSPS) is 10.5. The number of hydrogen-bond acceptors (Lipinski definition) is 6. The van der Waals surface area contributed by atoms with Gasteiger partial charge in [0.15, 0.2) is 0 Å². The third-order valence-corrected chi connectivity index (χ3v) is 3.45. The average Bonchev–Trinajstić information content (AvgIpc) is 2.61. The molecule has 2 N–H and O–H groups in total. The van der Waals surface area contributed by atoms with Gasteiger partial charge in [0.1, 0.15) is 17.1 Å². The Labute approximate surface area is 132 Å². The van der Waals surface area contributed by atoms with Crippen molar-refractivity contribution in [2.45, 2.75) is 6.54 Å². The van der Waals surface area contributed by atoms with Gasteiger partial charge in [0.25, 0.3) is 10.9 Å². The molecule has 0 amide bonds. The molecule has 0 aliphatic heterocycles. The van der Waals surface area contributed by atoms with Crippen LogP contribution >= 0.6 is 0 Å². The Morgan fingerprint density at radius 3 is 2.48 bits per heavy atom. The number of anilines is 3. The summed E-state index contributed by atoms with van der Waals surface area (Å²) in [4.78, 5) is 27.8. The first kappa shape index (κ1) is 14.8. The molecule has 3 rings (SSSR count). The second-order valence-electron chi connectivity index (χ2n) is 4.91. The second-order valence-corrected chi connectivity index (χ2v) is 4.91. The van der Waals surface area contributed by atoms with E-state index in [2.05, 4.69) is 15.6 Å². The molecule has 1 aromatic heterocycles. The maximum atomic E-state index is 11.8. The number of hydrogen-bond donors (Lipinski definition) is 2. The molecule has 116 valence electrons. The Morgan fingerprint density at radius 2 is 1.74 bits per heavy atom. The summed E-state index contributed by atoms with van der Waals surface area (Å²) in [5.41, 5.74) is 0.853. The minimum absolute atomic E-state index is 0.246. The van der Waals surface area contributed by atoms with Gasteiger partial charge in [0, 0.05) is 6.20 Å². The van der Waals surface area contributed by atoms with Crippen LogP contribution in [0, 0.1) is 0 Å². The standard InChI is InChI=1S/C17H15N3O3/c1-23-13-8-3-2-7-12(13)20-15-14(16(21)17(15)22)19-10-11-6-4-5-9-18-11/h2-9,19-20H,10H2,1H3. The predicted octanol–water partition coefficient (Wildman–Crippen LogP) is 2.04. The number of rotatable bonds is 6. The van der Waals surface area contributed by atoms with Gasteiger partial charge < -0.3 is 15.4 Å². The molecule has 0 bridgehead atoms. The first-order chi connectivity index (χ1) is 11.2. The van der Waals surface area contributed by atoms with Crippen molar-refractivity contribution in [3.05, 3.63) is 74.8 Å². The zero-order chi connectivity index (χ0) is 16.2. The molecule has 0 spiro atoms. The van der Waals surface area contributed by atoms with Crippen LogP contribution in [0.25, 0.3) is 0 Å². The van der Waals surface area contributed by atoms with Crippen LogP contribution in [0.4, 0.5) is 17.1 Å². The third kappa shape index (κ3) is 2.91. The highest BCUT2D eigenvalue weighted by atomic mass is 16.5. The van der Waals surface area contributed by atoms with E-state index >= 15 is 0 Å². The Morgan fingerprint density at radius 1 is 1.00 bits per heavy atom. The molecule has 23 heavy (non-hydrogen) atoms. The van der Waals surface area contributed by atoms with Crippen LogP contribution in [0.1, 0.15) is 5.69 Å². The van der Waals surface area contributed by atoms with E-state index in [0.717, 1.165) is 5.69 Å². The lowest BCUT2D eigenvalue weighted by atomic mass is 10.1. The van der Waals surface area contributed by atoms with Crippen LogP contribution in [-0.4, -0.2) is 12.1 Å². The fourth-order valence-corrected chi connectivity index (χ4v) is 2.24. The number of nitrogens with zero attached hydrogens (tertiary/aromatic N) is 1. The second kappa shape index (κ2) is 6.31. The summed E-state index contributed by atoms with van der Waals surface area (Å²) < 4.78 is 5.23. The lowest BCUT2D eigenvalue weighted by molar-refractivity contribution is 0.417. The van der Waals surface area contributed by atoms with Gasteiger partial charge in [-0.15, -0.1) is 0 Å². The summed E-state index contributed by atoms with van der Waals surface area (Å²) in [5, 5.41) is 5.93. The van der Waals surface area contributed by atoms with E-state index in [1.807, 2.05) is 30.3 Å². The number of pyridine rings is 1. The number of ether oxygens (including phenoxy) is 1. The van der Waals surface area contributed by atoms with Gasteiger partial charge in [-0.2, -0.15) is 0 Å². The number of nitrogens with one attached hydrogen (secondary N) is 2. The fraction of sp³-hybridized carbons (Fsp3) is 0.118. The first-order valence-corrected chi connectivity index (χ1v) is 7.08. The molecule has 2 aromatic carbocycles. The van der Waals surface area contributed by atoms with Crippen molar-refractivity contribution in [3.63, 3.8) is 0 Å². The molecule has 0 unspecified atom stereocenters. The largest absolute Gasteiger partial charge is 0.495 e. The highest BCUT2D eigenvalue weighted by molar-refractivity contribution is 5.80. The van der Waals surface area contributed by atoms with E-state index in [1.54, 1.807) is 25.4 Å². The zero-order valence-corrected chi connectivity index (χ0v) is 12.5. The van der Waals surface area contributed by atoms with Crippen LogP contribution in [0.5, 0.6) is 5.75 Å². The number of methoxy groups -OCH3 is 1. The minimum Gasteiger partial charge on any atom is -0.495 e. The Balaban J connectivity index is 1.80. The van der Waals surface area contributed by atoms with Crippen LogP contribution in [-0.2, 0) is 6.54 Å². The molecule has 0 saturated heterocycles. The molecule has 6 heteroatoms. The highest BCUT2D eigenvalue weighted by Gasteiger charge is 2.21. The predicted molar refractivity (Wildman–Crippen MR) is 89.2 cm³/mol. The van der Waals surface area contributed by atoms with Crippen LogP contribution in [0.2, 0.25) is 0 Å². The van der Waals surface area contributed by atoms with Crippen molar-refractivity contribution in [2.24, 2.45) is 0 Å². The molecule has 0 saturated carbocycles. The van der Waals surface area contributed by atoms with E-state index in [4.69, 9.17) is 4.74 Å². The monoisotopic (exact) mass is 309 g/mol. The molecule has 0 atom stereocenters. The van der Waals surface area contributed by atoms with Crippen LogP contribution in [0.15, 0.2) is 58.3 Å². The van der Waals surface area contributed by atoms with Crippen molar-refractivity contribution in [3.8, 4) is 5.75 Å². The smallest absolute Gasteiger partial charge is 0.253 e. The molecule has 0 aliphatic rings. The van der Waals surface area contributed by atoms with Gasteiger partial charge in [-0.05, 0) is 24.3 Å². The molecule has 1 heterocycles. The molecule has 6 nitrogen and oxygen atoms in total. The topological polar surface area (TPSA) is 80.3 Å². The van der Waals surface area contributed by atoms with Crippen molar-refractivity contribution in [2.75, 3.05) is 17.7 Å². The summed E-state index contributed by atoms with van der Waals surface area (Å²) in [6, 6.07) is 12.7. The lowest BCUT2D eigenvalue weighted by Crippen LogP contribution is -2.36. The summed E-state index contributed by atoms with van der Waals surface area (Å²) in [7, 11) is 1.54. The third-order valence-electron chi connectivity index (χ3n) is 3.45. The summed E-state index contributed by atoms with van der Waals surface area (Å²) in [6.45, 7) is 0.367. The maximum absolute atomic E-state index is 11.8.